The van der Waals surface area contributed by atoms with Crippen LogP contribution in [-0.4, -0.2) is 19.6 Å². The fourth-order valence-corrected chi connectivity index (χ4v) is 2.94. The first-order valence-electron chi connectivity index (χ1n) is 9.45. The zero-order chi connectivity index (χ0) is 20.7. The molecule has 2 aromatic carbocycles. The number of nitriles is 1. The van der Waals surface area contributed by atoms with Crippen LogP contribution in [0.2, 0.25) is 0 Å². The summed E-state index contributed by atoms with van der Waals surface area (Å²) in [6.07, 6.45) is 0. The molecule has 0 spiro atoms. The molecule has 0 aliphatic heterocycles. The molecule has 0 heterocycles. The molecule has 2 rings (SSSR count). The van der Waals surface area contributed by atoms with Gasteiger partial charge in [0.05, 0.1) is 24.8 Å². The Morgan fingerprint density at radius 1 is 1.04 bits per heavy atom. The van der Waals surface area contributed by atoms with Gasteiger partial charge in [-0.15, -0.1) is 0 Å². The molecule has 5 heteroatoms. The Bertz CT molecular complexity index is 836. The van der Waals surface area contributed by atoms with Gasteiger partial charge < -0.3 is 14.8 Å². The average Bonchev–Trinajstić information content (AvgIpc) is 2.70. The summed E-state index contributed by atoms with van der Waals surface area (Å²) in [5.41, 5.74) is 2.82. The van der Waals surface area contributed by atoms with E-state index in [9.17, 15) is 4.79 Å². The Hall–Kier alpha value is -3.00. The summed E-state index contributed by atoms with van der Waals surface area (Å²) < 4.78 is 10.8. The molecule has 0 radical (unpaired) electrons. The van der Waals surface area contributed by atoms with Crippen molar-refractivity contribution in [2.45, 2.75) is 39.7 Å². The van der Waals surface area contributed by atoms with Crippen LogP contribution < -0.4 is 14.8 Å². The fourth-order valence-electron chi connectivity index (χ4n) is 2.94. The lowest BCUT2D eigenvalue weighted by Gasteiger charge is -2.23. The Balaban J connectivity index is 2.04. The molecular formula is C23H28N2O3. The van der Waals surface area contributed by atoms with E-state index in [2.05, 4.69) is 57.3 Å². The number of hydrogen-bond donors (Lipinski definition) is 1. The highest BCUT2D eigenvalue weighted by Crippen LogP contribution is 2.28. The number of nitrogens with zero attached hydrogens (tertiary/aromatic N) is 1. The molecule has 148 valence electrons. The summed E-state index contributed by atoms with van der Waals surface area (Å²) in [6.45, 7) is 8.34. The van der Waals surface area contributed by atoms with Crippen LogP contribution in [-0.2, 0) is 4.79 Å². The first kappa shape index (κ1) is 21.3. The fraction of sp³-hybridized carbons (Fsp3) is 0.391. The maximum Gasteiger partial charge on any atom is 0.258 e. The highest BCUT2D eigenvalue weighted by molar-refractivity contribution is 5.78. The zero-order valence-electron chi connectivity index (χ0n) is 17.2. The van der Waals surface area contributed by atoms with Gasteiger partial charge in [0.15, 0.2) is 18.1 Å². The minimum atomic E-state index is -0.210. The van der Waals surface area contributed by atoms with E-state index in [1.165, 1.54) is 12.7 Å². The molecule has 1 N–H and O–H groups in total. The summed E-state index contributed by atoms with van der Waals surface area (Å²) in [5.74, 6) is 1.35. The molecule has 0 aromatic heterocycles. The lowest BCUT2D eigenvalue weighted by Crippen LogP contribution is -2.35. The number of rotatable bonds is 8. The molecule has 0 bridgehead atoms. The van der Waals surface area contributed by atoms with Gasteiger partial charge in [-0.1, -0.05) is 52.0 Å². The monoisotopic (exact) mass is 380 g/mol. The third-order valence-electron chi connectivity index (χ3n) is 4.60. The number of amides is 1. The molecule has 2 aromatic rings. The predicted molar refractivity (Wildman–Crippen MR) is 109 cm³/mol. The molecule has 0 aliphatic rings. The second-order valence-corrected chi connectivity index (χ2v) is 7.38. The molecule has 0 saturated heterocycles. The van der Waals surface area contributed by atoms with Crippen molar-refractivity contribution >= 4 is 5.91 Å². The van der Waals surface area contributed by atoms with Crippen LogP contribution in [0, 0.1) is 17.2 Å². The van der Waals surface area contributed by atoms with Crippen molar-refractivity contribution in [3.8, 4) is 17.6 Å². The summed E-state index contributed by atoms with van der Waals surface area (Å²) >= 11 is 0. The van der Waals surface area contributed by atoms with Crippen molar-refractivity contribution in [3.63, 3.8) is 0 Å². The molecule has 0 unspecified atom stereocenters. The number of methoxy groups -OCH3 is 1. The molecule has 1 amide bonds. The maximum absolute atomic E-state index is 12.5. The van der Waals surface area contributed by atoms with Gasteiger partial charge in [-0.2, -0.15) is 5.26 Å². The Kier molecular flexibility index (Phi) is 7.45. The molecule has 1 atom stereocenters. The van der Waals surface area contributed by atoms with E-state index < -0.39 is 0 Å². The third kappa shape index (κ3) is 5.50. The van der Waals surface area contributed by atoms with E-state index in [4.69, 9.17) is 14.7 Å². The van der Waals surface area contributed by atoms with Gasteiger partial charge in [-0.25, -0.2) is 0 Å². The van der Waals surface area contributed by atoms with Gasteiger partial charge >= 0.3 is 0 Å². The second-order valence-electron chi connectivity index (χ2n) is 7.38. The normalized spacial score (nSPS) is 11.8. The highest BCUT2D eigenvalue weighted by Gasteiger charge is 2.19. The van der Waals surface area contributed by atoms with Crippen molar-refractivity contribution in [1.82, 2.24) is 5.32 Å². The number of nitrogens with one attached hydrogen (secondary N) is 1. The standard InChI is InChI=1S/C23H28N2O3/c1-15(2)18-7-9-19(10-8-18)23(16(3)4)25-22(26)14-28-20-11-6-17(13-24)12-21(20)27-5/h6-12,15-16,23H,14H2,1-5H3,(H,25,26)/t23-/m0/s1. The summed E-state index contributed by atoms with van der Waals surface area (Å²) in [7, 11) is 1.50. The van der Waals surface area contributed by atoms with Gasteiger partial charge in [0.2, 0.25) is 0 Å². The first-order chi connectivity index (χ1) is 13.3. The van der Waals surface area contributed by atoms with Crippen molar-refractivity contribution in [1.29, 1.82) is 5.26 Å². The molecule has 28 heavy (non-hydrogen) atoms. The van der Waals surface area contributed by atoms with E-state index in [1.54, 1.807) is 18.2 Å². The first-order valence-corrected chi connectivity index (χ1v) is 9.45. The van der Waals surface area contributed by atoms with Gasteiger partial charge in [0.25, 0.3) is 5.91 Å². The minimum Gasteiger partial charge on any atom is -0.493 e. The Labute approximate surface area is 167 Å². The number of hydrogen-bond acceptors (Lipinski definition) is 4. The van der Waals surface area contributed by atoms with E-state index >= 15 is 0 Å². The summed E-state index contributed by atoms with van der Waals surface area (Å²) in [4.78, 5) is 12.5. The largest absolute Gasteiger partial charge is 0.493 e. The lowest BCUT2D eigenvalue weighted by molar-refractivity contribution is -0.124. The molecular weight excluding hydrogens is 352 g/mol. The lowest BCUT2D eigenvalue weighted by atomic mass is 9.93. The highest BCUT2D eigenvalue weighted by atomic mass is 16.5. The Morgan fingerprint density at radius 3 is 2.21 bits per heavy atom. The van der Waals surface area contributed by atoms with Gasteiger partial charge in [-0.05, 0) is 35.1 Å². The molecule has 0 saturated carbocycles. The number of carbonyl (C=O) groups is 1. The van der Waals surface area contributed by atoms with Crippen molar-refractivity contribution in [3.05, 3.63) is 59.2 Å². The van der Waals surface area contributed by atoms with Crippen molar-refractivity contribution in [2.24, 2.45) is 5.92 Å². The van der Waals surface area contributed by atoms with Crippen LogP contribution in [0.1, 0.15) is 56.3 Å². The maximum atomic E-state index is 12.5. The van der Waals surface area contributed by atoms with E-state index in [-0.39, 0.29) is 24.5 Å². The van der Waals surface area contributed by atoms with Crippen LogP contribution in [0.25, 0.3) is 0 Å². The van der Waals surface area contributed by atoms with Crippen LogP contribution in [0.4, 0.5) is 0 Å². The van der Waals surface area contributed by atoms with Crippen LogP contribution in [0.5, 0.6) is 11.5 Å². The Morgan fingerprint density at radius 2 is 1.68 bits per heavy atom. The van der Waals surface area contributed by atoms with E-state index in [1.807, 2.05) is 6.07 Å². The van der Waals surface area contributed by atoms with Crippen LogP contribution in [0.15, 0.2) is 42.5 Å². The number of ether oxygens (including phenoxy) is 2. The SMILES string of the molecule is COc1cc(C#N)ccc1OCC(=O)N[C@H](c1ccc(C(C)C)cc1)C(C)C. The molecule has 0 fully saturated rings. The van der Waals surface area contributed by atoms with Gasteiger partial charge in [-0.3, -0.25) is 4.79 Å². The third-order valence-corrected chi connectivity index (χ3v) is 4.60. The van der Waals surface area contributed by atoms with Crippen molar-refractivity contribution in [2.75, 3.05) is 13.7 Å². The quantitative estimate of drug-likeness (QED) is 0.727. The number of carbonyl (C=O) groups excluding carboxylic acids is 1. The van der Waals surface area contributed by atoms with Crippen LogP contribution >= 0.6 is 0 Å². The average molecular weight is 380 g/mol. The summed E-state index contributed by atoms with van der Waals surface area (Å²) in [6, 6.07) is 15.2. The number of benzene rings is 2. The van der Waals surface area contributed by atoms with Crippen molar-refractivity contribution < 1.29 is 14.3 Å². The molecule has 0 aliphatic carbocycles. The van der Waals surface area contributed by atoms with Gasteiger partial charge in [0, 0.05) is 6.07 Å². The molecule has 5 nitrogen and oxygen atoms in total. The van der Waals surface area contributed by atoms with Crippen LogP contribution in [0.3, 0.4) is 0 Å². The predicted octanol–water partition coefficient (Wildman–Crippen LogP) is 4.58. The minimum absolute atomic E-state index is 0.0971. The topological polar surface area (TPSA) is 71.3 Å². The smallest absolute Gasteiger partial charge is 0.258 e. The van der Waals surface area contributed by atoms with E-state index in [0.717, 1.165) is 5.56 Å². The van der Waals surface area contributed by atoms with E-state index in [0.29, 0.717) is 23.0 Å². The second kappa shape index (κ2) is 9.80. The summed E-state index contributed by atoms with van der Waals surface area (Å²) in [5, 5.41) is 12.0. The zero-order valence-corrected chi connectivity index (χ0v) is 17.2. The van der Waals surface area contributed by atoms with Gasteiger partial charge in [0.1, 0.15) is 0 Å².